The Bertz CT molecular complexity index is 213. The molecule has 1 N–H and O–H groups in total. The van der Waals surface area contributed by atoms with E-state index in [0.29, 0.717) is 6.42 Å². The van der Waals surface area contributed by atoms with E-state index >= 15 is 0 Å². The maximum absolute atomic E-state index is 10.8. The van der Waals surface area contributed by atoms with Gasteiger partial charge in [0.25, 0.3) is 0 Å². The van der Waals surface area contributed by atoms with Gasteiger partial charge in [-0.2, -0.15) is 0 Å². The lowest BCUT2D eigenvalue weighted by molar-refractivity contribution is -0.168. The largest absolute Gasteiger partial charge is 0.462 e. The van der Waals surface area contributed by atoms with Crippen molar-refractivity contribution in [3.8, 4) is 0 Å². The molecule has 0 radical (unpaired) electrons. The van der Waals surface area contributed by atoms with Crippen molar-refractivity contribution >= 4 is 11.9 Å². The number of ether oxygens (including phenoxy) is 2. The van der Waals surface area contributed by atoms with Crippen molar-refractivity contribution in [3.63, 3.8) is 0 Å². The summed E-state index contributed by atoms with van der Waals surface area (Å²) in [5.41, 5.74) is 0. The van der Waals surface area contributed by atoms with Gasteiger partial charge in [0.1, 0.15) is 12.7 Å². The molecule has 1 rings (SSSR count). The Balaban J connectivity index is 2.33. The molecule has 1 aliphatic rings. The van der Waals surface area contributed by atoms with Crippen LogP contribution in [0.15, 0.2) is 0 Å². The average Bonchev–Trinajstić information content (AvgIpc) is 1.99. The molecular formula is C8H12O5. The number of esters is 2. The van der Waals surface area contributed by atoms with Gasteiger partial charge >= 0.3 is 11.9 Å². The van der Waals surface area contributed by atoms with Crippen LogP contribution in [0.5, 0.6) is 0 Å². The highest BCUT2D eigenvalue weighted by Gasteiger charge is 2.27. The zero-order valence-corrected chi connectivity index (χ0v) is 7.36. The minimum Gasteiger partial charge on any atom is -0.462 e. The van der Waals surface area contributed by atoms with Gasteiger partial charge in [-0.15, -0.1) is 0 Å². The summed E-state index contributed by atoms with van der Waals surface area (Å²) in [6.07, 6.45) is -0.822. The topological polar surface area (TPSA) is 72.8 Å². The second-order valence-electron chi connectivity index (χ2n) is 3.01. The molecule has 2 atom stereocenters. The van der Waals surface area contributed by atoms with E-state index in [9.17, 15) is 14.7 Å². The van der Waals surface area contributed by atoms with Crippen molar-refractivity contribution in [2.45, 2.75) is 32.0 Å². The summed E-state index contributed by atoms with van der Waals surface area (Å²) in [6.45, 7) is 1.30. The molecule has 0 aromatic carbocycles. The Hall–Kier alpha value is -1.10. The molecule has 0 aromatic rings. The van der Waals surface area contributed by atoms with Crippen molar-refractivity contribution in [1.29, 1.82) is 0 Å². The molecule has 1 saturated heterocycles. The second kappa shape index (κ2) is 4.23. The van der Waals surface area contributed by atoms with Gasteiger partial charge < -0.3 is 14.6 Å². The predicted molar refractivity (Wildman–Crippen MR) is 41.8 cm³/mol. The number of hydrogen-bond acceptors (Lipinski definition) is 5. The summed E-state index contributed by atoms with van der Waals surface area (Å²) < 4.78 is 9.48. The molecule has 0 saturated carbocycles. The number of aliphatic hydroxyl groups is 1. The third-order valence-corrected chi connectivity index (χ3v) is 1.71. The van der Waals surface area contributed by atoms with E-state index in [2.05, 4.69) is 4.74 Å². The van der Waals surface area contributed by atoms with Gasteiger partial charge in [0, 0.05) is 13.3 Å². The molecule has 0 amide bonds. The van der Waals surface area contributed by atoms with Crippen LogP contribution in [0.2, 0.25) is 0 Å². The maximum Gasteiger partial charge on any atom is 0.308 e. The Morgan fingerprint density at radius 3 is 3.00 bits per heavy atom. The van der Waals surface area contributed by atoms with Crippen LogP contribution in [0.4, 0.5) is 0 Å². The monoisotopic (exact) mass is 188 g/mol. The first-order valence-corrected chi connectivity index (χ1v) is 4.09. The molecule has 0 aliphatic carbocycles. The highest BCUT2D eigenvalue weighted by Crippen LogP contribution is 2.14. The van der Waals surface area contributed by atoms with Gasteiger partial charge in [-0.3, -0.25) is 9.59 Å². The van der Waals surface area contributed by atoms with Crippen molar-refractivity contribution < 1.29 is 24.2 Å². The van der Waals surface area contributed by atoms with Crippen LogP contribution in [-0.4, -0.2) is 35.9 Å². The van der Waals surface area contributed by atoms with Crippen molar-refractivity contribution in [1.82, 2.24) is 0 Å². The van der Waals surface area contributed by atoms with Crippen LogP contribution < -0.4 is 0 Å². The lowest BCUT2D eigenvalue weighted by atomic mass is 10.1. The summed E-state index contributed by atoms with van der Waals surface area (Å²) in [6, 6.07) is 0. The molecule has 0 unspecified atom stereocenters. The summed E-state index contributed by atoms with van der Waals surface area (Å²) in [5.74, 6) is -0.869. The molecule has 0 bridgehead atoms. The van der Waals surface area contributed by atoms with Gasteiger partial charge in [0.15, 0.2) is 0 Å². The number of aliphatic hydroxyl groups excluding tert-OH is 1. The van der Waals surface area contributed by atoms with E-state index < -0.39 is 24.1 Å². The van der Waals surface area contributed by atoms with E-state index in [0.717, 1.165) is 0 Å². The predicted octanol–water partition coefficient (Wildman–Crippen LogP) is -0.384. The van der Waals surface area contributed by atoms with E-state index in [1.54, 1.807) is 0 Å². The SMILES string of the molecule is CC(=O)OC[C@@H]1C[C@@H](O)CC(=O)O1. The Kier molecular flexibility index (Phi) is 3.25. The van der Waals surface area contributed by atoms with E-state index in [1.165, 1.54) is 6.92 Å². The molecule has 1 heterocycles. The second-order valence-corrected chi connectivity index (χ2v) is 3.01. The van der Waals surface area contributed by atoms with E-state index in [1.807, 2.05) is 0 Å². The molecule has 1 fully saturated rings. The average molecular weight is 188 g/mol. The lowest BCUT2D eigenvalue weighted by Gasteiger charge is -2.25. The molecule has 5 heteroatoms. The molecule has 74 valence electrons. The first-order chi connectivity index (χ1) is 6.08. The van der Waals surface area contributed by atoms with Crippen LogP contribution in [0, 0.1) is 0 Å². The molecule has 1 aliphatic heterocycles. The fourth-order valence-corrected chi connectivity index (χ4v) is 1.17. The van der Waals surface area contributed by atoms with Gasteiger partial charge in [-0.05, 0) is 0 Å². The lowest BCUT2D eigenvalue weighted by Crippen LogP contribution is -2.35. The molecule has 13 heavy (non-hydrogen) atoms. The third kappa shape index (κ3) is 3.42. The smallest absolute Gasteiger partial charge is 0.308 e. The molecule has 0 aromatic heterocycles. The van der Waals surface area contributed by atoms with Crippen LogP contribution in [0.3, 0.4) is 0 Å². The number of hydrogen-bond donors (Lipinski definition) is 1. The quantitative estimate of drug-likeness (QED) is 0.598. The van der Waals surface area contributed by atoms with Crippen LogP contribution in [0.25, 0.3) is 0 Å². The van der Waals surface area contributed by atoms with Gasteiger partial charge in [0.05, 0.1) is 12.5 Å². The van der Waals surface area contributed by atoms with Crippen molar-refractivity contribution in [2.75, 3.05) is 6.61 Å². The van der Waals surface area contributed by atoms with Crippen molar-refractivity contribution in [3.05, 3.63) is 0 Å². The molecule has 5 nitrogen and oxygen atoms in total. The van der Waals surface area contributed by atoms with Gasteiger partial charge in [0.2, 0.25) is 0 Å². The highest BCUT2D eigenvalue weighted by molar-refractivity contribution is 5.71. The highest BCUT2D eigenvalue weighted by atomic mass is 16.6. The summed E-state index contributed by atoms with van der Waals surface area (Å²) in [5, 5.41) is 9.17. The number of carbonyl (C=O) groups excluding carboxylic acids is 2. The molecular weight excluding hydrogens is 176 g/mol. The Labute approximate surface area is 75.6 Å². The molecule has 0 spiro atoms. The minimum atomic E-state index is -0.679. The minimum absolute atomic E-state index is 0.0244. The summed E-state index contributed by atoms with van der Waals surface area (Å²) >= 11 is 0. The summed E-state index contributed by atoms with van der Waals surface area (Å²) in [4.78, 5) is 21.2. The number of cyclic esters (lactones) is 1. The fraction of sp³-hybridized carbons (Fsp3) is 0.750. The first kappa shape index (κ1) is 9.98. The standard InChI is InChI=1S/C8H12O5/c1-5(9)12-4-7-2-6(10)3-8(11)13-7/h6-7,10H,2-4H2,1H3/t6-,7+/m1/s1. The van der Waals surface area contributed by atoms with Gasteiger partial charge in [-0.1, -0.05) is 0 Å². The Morgan fingerprint density at radius 1 is 1.77 bits per heavy atom. The summed E-state index contributed by atoms with van der Waals surface area (Å²) in [7, 11) is 0. The van der Waals surface area contributed by atoms with Crippen molar-refractivity contribution in [2.24, 2.45) is 0 Å². The first-order valence-electron chi connectivity index (χ1n) is 4.09. The van der Waals surface area contributed by atoms with Crippen LogP contribution in [0.1, 0.15) is 19.8 Å². The van der Waals surface area contributed by atoms with E-state index in [-0.39, 0.29) is 13.0 Å². The fourth-order valence-electron chi connectivity index (χ4n) is 1.17. The van der Waals surface area contributed by atoms with Crippen LogP contribution in [-0.2, 0) is 19.1 Å². The zero-order valence-electron chi connectivity index (χ0n) is 7.36. The Morgan fingerprint density at radius 2 is 2.46 bits per heavy atom. The maximum atomic E-state index is 10.8. The van der Waals surface area contributed by atoms with Gasteiger partial charge in [-0.25, -0.2) is 0 Å². The zero-order chi connectivity index (χ0) is 9.84. The number of carbonyl (C=O) groups is 2. The third-order valence-electron chi connectivity index (χ3n) is 1.71. The van der Waals surface area contributed by atoms with E-state index in [4.69, 9.17) is 4.74 Å². The number of rotatable bonds is 2. The van der Waals surface area contributed by atoms with Crippen LogP contribution >= 0.6 is 0 Å². The normalized spacial score (nSPS) is 28.0.